The lowest BCUT2D eigenvalue weighted by molar-refractivity contribution is 0.0562. The van der Waals surface area contributed by atoms with Gasteiger partial charge in [0.05, 0.1) is 5.56 Å². The number of pyridine rings is 1. The summed E-state index contributed by atoms with van der Waals surface area (Å²) < 4.78 is 0. The van der Waals surface area contributed by atoms with Crippen LogP contribution in [0.25, 0.3) is 0 Å². The van der Waals surface area contributed by atoms with Crippen molar-refractivity contribution >= 4 is 5.91 Å². The smallest absolute Gasteiger partial charge is 0.255 e. The second-order valence-corrected chi connectivity index (χ2v) is 5.90. The fourth-order valence-corrected chi connectivity index (χ4v) is 3.53. The van der Waals surface area contributed by atoms with E-state index >= 15 is 0 Å². The predicted molar refractivity (Wildman–Crippen MR) is 78.7 cm³/mol. The van der Waals surface area contributed by atoms with E-state index in [1.165, 1.54) is 19.3 Å². The Morgan fingerprint density at radius 3 is 3.00 bits per heavy atom. The summed E-state index contributed by atoms with van der Waals surface area (Å²) in [5.41, 5.74) is 1.60. The van der Waals surface area contributed by atoms with Gasteiger partial charge in [0, 0.05) is 30.5 Å². The molecule has 3 heterocycles. The molecule has 2 unspecified atom stereocenters. The number of aryl methyl sites for hydroxylation is 1. The van der Waals surface area contributed by atoms with Gasteiger partial charge < -0.3 is 10.2 Å². The zero-order valence-electron chi connectivity index (χ0n) is 12.1. The number of piperidine rings is 1. The van der Waals surface area contributed by atoms with Gasteiger partial charge in [-0.3, -0.25) is 9.78 Å². The van der Waals surface area contributed by atoms with Gasteiger partial charge in [-0.15, -0.1) is 0 Å². The zero-order chi connectivity index (χ0) is 13.9. The highest BCUT2D eigenvalue weighted by Crippen LogP contribution is 2.26. The summed E-state index contributed by atoms with van der Waals surface area (Å²) in [6, 6.07) is 4.60. The first-order valence-corrected chi connectivity index (χ1v) is 7.73. The molecule has 0 aromatic carbocycles. The molecule has 2 aliphatic rings. The average molecular weight is 273 g/mol. The second-order valence-electron chi connectivity index (χ2n) is 5.90. The van der Waals surface area contributed by atoms with Crippen LogP contribution in [0.5, 0.6) is 0 Å². The first kappa shape index (κ1) is 13.6. The third-order valence-electron chi connectivity index (χ3n) is 4.61. The molecule has 0 spiro atoms. The largest absolute Gasteiger partial charge is 0.334 e. The minimum Gasteiger partial charge on any atom is -0.334 e. The molecule has 0 bridgehead atoms. The van der Waals surface area contributed by atoms with Gasteiger partial charge in [0.1, 0.15) is 0 Å². The highest BCUT2D eigenvalue weighted by Gasteiger charge is 2.34. The van der Waals surface area contributed by atoms with Gasteiger partial charge in [0.2, 0.25) is 0 Å². The number of rotatable bonds is 2. The maximum Gasteiger partial charge on any atom is 0.255 e. The minimum absolute atomic E-state index is 0.161. The highest BCUT2D eigenvalue weighted by atomic mass is 16.2. The van der Waals surface area contributed by atoms with Gasteiger partial charge in [0.15, 0.2) is 0 Å². The molecule has 0 radical (unpaired) electrons. The van der Waals surface area contributed by atoms with Crippen molar-refractivity contribution in [2.75, 3.05) is 13.1 Å². The van der Waals surface area contributed by atoms with Crippen LogP contribution in [0, 0.1) is 6.92 Å². The van der Waals surface area contributed by atoms with E-state index in [2.05, 4.69) is 15.2 Å². The number of nitrogens with one attached hydrogen (secondary N) is 1. The SMILES string of the molecule is Cc1ncccc1C(=O)N1CCCCC1C1CCCN1. The van der Waals surface area contributed by atoms with Gasteiger partial charge in [-0.25, -0.2) is 0 Å². The molecule has 2 aliphatic heterocycles. The van der Waals surface area contributed by atoms with E-state index in [4.69, 9.17) is 0 Å². The van der Waals surface area contributed by atoms with Gasteiger partial charge in [-0.05, 0) is 57.7 Å². The van der Waals surface area contributed by atoms with Crippen LogP contribution >= 0.6 is 0 Å². The summed E-state index contributed by atoms with van der Waals surface area (Å²) in [5, 5.41) is 3.57. The summed E-state index contributed by atoms with van der Waals surface area (Å²) in [6.07, 6.45) is 7.66. The van der Waals surface area contributed by atoms with E-state index in [1.54, 1.807) is 6.20 Å². The quantitative estimate of drug-likeness (QED) is 0.898. The molecule has 4 nitrogen and oxygen atoms in total. The molecule has 2 fully saturated rings. The molecular formula is C16H23N3O. The molecule has 2 atom stereocenters. The molecule has 1 N–H and O–H groups in total. The lowest BCUT2D eigenvalue weighted by Crippen LogP contribution is -2.52. The molecule has 108 valence electrons. The van der Waals surface area contributed by atoms with E-state index in [1.807, 2.05) is 19.1 Å². The van der Waals surface area contributed by atoms with E-state index in [0.29, 0.717) is 12.1 Å². The van der Waals surface area contributed by atoms with Crippen LogP contribution in [-0.4, -0.2) is 41.0 Å². The Balaban J connectivity index is 1.82. The Labute approximate surface area is 120 Å². The maximum absolute atomic E-state index is 12.8. The number of hydrogen-bond acceptors (Lipinski definition) is 3. The van der Waals surface area contributed by atoms with Crippen LogP contribution in [0.2, 0.25) is 0 Å². The Kier molecular flexibility index (Phi) is 4.01. The average Bonchev–Trinajstić information content (AvgIpc) is 3.01. The van der Waals surface area contributed by atoms with Crippen LogP contribution in [0.15, 0.2) is 18.3 Å². The van der Waals surface area contributed by atoms with Crippen molar-refractivity contribution in [1.82, 2.24) is 15.2 Å². The first-order chi connectivity index (χ1) is 9.77. The molecule has 1 amide bonds. The number of hydrogen-bond donors (Lipinski definition) is 1. The van der Waals surface area contributed by atoms with Crippen molar-refractivity contribution in [1.29, 1.82) is 0 Å². The molecule has 20 heavy (non-hydrogen) atoms. The highest BCUT2D eigenvalue weighted by molar-refractivity contribution is 5.95. The Bertz CT molecular complexity index is 482. The normalized spacial score (nSPS) is 26.8. The van der Waals surface area contributed by atoms with Crippen molar-refractivity contribution in [3.8, 4) is 0 Å². The number of nitrogens with zero attached hydrogens (tertiary/aromatic N) is 2. The fraction of sp³-hybridized carbons (Fsp3) is 0.625. The van der Waals surface area contributed by atoms with Crippen LogP contribution in [-0.2, 0) is 0 Å². The molecule has 2 saturated heterocycles. The van der Waals surface area contributed by atoms with Gasteiger partial charge in [-0.2, -0.15) is 0 Å². The molecular weight excluding hydrogens is 250 g/mol. The number of likely N-dealkylation sites (tertiary alicyclic amines) is 1. The maximum atomic E-state index is 12.8. The summed E-state index contributed by atoms with van der Waals surface area (Å²) in [6.45, 7) is 3.89. The summed E-state index contributed by atoms with van der Waals surface area (Å²) in [4.78, 5) is 19.2. The van der Waals surface area contributed by atoms with Gasteiger partial charge in [0.25, 0.3) is 5.91 Å². The third kappa shape index (κ3) is 2.57. The second kappa shape index (κ2) is 5.92. The summed E-state index contributed by atoms with van der Waals surface area (Å²) >= 11 is 0. The van der Waals surface area contributed by atoms with Crippen LogP contribution < -0.4 is 5.32 Å². The van der Waals surface area contributed by atoms with E-state index in [0.717, 1.165) is 37.2 Å². The third-order valence-corrected chi connectivity index (χ3v) is 4.61. The Morgan fingerprint density at radius 2 is 2.25 bits per heavy atom. The minimum atomic E-state index is 0.161. The van der Waals surface area contributed by atoms with Crippen molar-refractivity contribution in [3.63, 3.8) is 0 Å². The van der Waals surface area contributed by atoms with Crippen molar-refractivity contribution in [2.24, 2.45) is 0 Å². The fourth-order valence-electron chi connectivity index (χ4n) is 3.53. The summed E-state index contributed by atoms with van der Waals surface area (Å²) in [7, 11) is 0. The molecule has 1 aromatic heterocycles. The lowest BCUT2D eigenvalue weighted by atomic mass is 9.93. The van der Waals surface area contributed by atoms with Crippen LogP contribution in [0.3, 0.4) is 0 Å². The van der Waals surface area contributed by atoms with E-state index < -0.39 is 0 Å². The van der Waals surface area contributed by atoms with Crippen molar-refractivity contribution in [3.05, 3.63) is 29.6 Å². The van der Waals surface area contributed by atoms with Crippen molar-refractivity contribution in [2.45, 2.75) is 51.1 Å². The first-order valence-electron chi connectivity index (χ1n) is 7.73. The number of carbonyl (C=O) groups excluding carboxylic acids is 1. The molecule has 3 rings (SSSR count). The number of aromatic nitrogens is 1. The Morgan fingerprint density at radius 1 is 1.35 bits per heavy atom. The van der Waals surface area contributed by atoms with Crippen LogP contribution in [0.1, 0.15) is 48.2 Å². The molecule has 0 aliphatic carbocycles. The molecule has 4 heteroatoms. The topological polar surface area (TPSA) is 45.2 Å². The van der Waals surface area contributed by atoms with E-state index in [9.17, 15) is 4.79 Å². The van der Waals surface area contributed by atoms with E-state index in [-0.39, 0.29) is 5.91 Å². The number of amides is 1. The number of carbonyl (C=O) groups is 1. The molecule has 0 saturated carbocycles. The predicted octanol–water partition coefficient (Wildman–Crippen LogP) is 2.14. The summed E-state index contributed by atoms with van der Waals surface area (Å²) in [5.74, 6) is 0.161. The van der Waals surface area contributed by atoms with Gasteiger partial charge in [-0.1, -0.05) is 0 Å². The molecule has 1 aromatic rings. The monoisotopic (exact) mass is 273 g/mol. The van der Waals surface area contributed by atoms with Crippen LogP contribution in [0.4, 0.5) is 0 Å². The van der Waals surface area contributed by atoms with Crippen molar-refractivity contribution < 1.29 is 4.79 Å². The zero-order valence-corrected chi connectivity index (χ0v) is 12.1. The standard InChI is InChI=1S/C16H23N3O/c1-12-13(6-4-9-17-12)16(20)19-11-3-2-8-15(19)14-7-5-10-18-14/h4,6,9,14-15,18H,2-3,5,7-8,10-11H2,1H3. The Hall–Kier alpha value is -1.42. The van der Waals surface area contributed by atoms with Gasteiger partial charge >= 0.3 is 0 Å². The lowest BCUT2D eigenvalue weighted by Gasteiger charge is -2.39.